The van der Waals surface area contributed by atoms with Crippen LogP contribution in [0.15, 0.2) is 23.4 Å². The number of nitrogens with zero attached hydrogens (tertiary/aromatic N) is 1. The minimum absolute atomic E-state index is 0.825. The number of piperidine rings is 1. The molecule has 3 heteroatoms. The number of nitrogens with one attached hydrogen (secondary N) is 1. The highest BCUT2D eigenvalue weighted by Crippen LogP contribution is 2.22. The molecule has 1 aliphatic heterocycles. The summed E-state index contributed by atoms with van der Waals surface area (Å²) in [5.74, 6) is 2.02. The number of rotatable bonds is 3. The van der Waals surface area contributed by atoms with Gasteiger partial charge in [-0.25, -0.2) is 4.98 Å². The molecular weight excluding hydrogens is 204 g/mol. The molecule has 0 aromatic carbocycles. The molecule has 1 fully saturated rings. The SMILES string of the molecule is Cc1ccnc(SCC2CCCNC2)c1. The largest absolute Gasteiger partial charge is 0.316 e. The third-order valence-corrected chi connectivity index (χ3v) is 3.91. The lowest BCUT2D eigenvalue weighted by Crippen LogP contribution is -2.30. The molecule has 82 valence electrons. The lowest BCUT2D eigenvalue weighted by molar-refractivity contribution is 0.410. The summed E-state index contributed by atoms with van der Waals surface area (Å²) in [5, 5.41) is 4.62. The maximum absolute atomic E-state index is 4.37. The lowest BCUT2D eigenvalue weighted by atomic mass is 10.0. The van der Waals surface area contributed by atoms with Gasteiger partial charge in [-0.1, -0.05) is 0 Å². The van der Waals surface area contributed by atoms with Crippen molar-refractivity contribution in [2.75, 3.05) is 18.8 Å². The number of hydrogen-bond donors (Lipinski definition) is 1. The average molecular weight is 222 g/mol. The highest BCUT2D eigenvalue weighted by Gasteiger charge is 2.13. The summed E-state index contributed by atoms with van der Waals surface area (Å²) < 4.78 is 0. The van der Waals surface area contributed by atoms with Gasteiger partial charge in [-0.05, 0) is 56.5 Å². The molecular formula is C12H18N2S. The lowest BCUT2D eigenvalue weighted by Gasteiger charge is -2.21. The van der Waals surface area contributed by atoms with Crippen LogP contribution in [0, 0.1) is 12.8 Å². The Hall–Kier alpha value is -0.540. The summed E-state index contributed by atoms with van der Waals surface area (Å²) in [5.41, 5.74) is 1.30. The molecule has 1 aromatic heterocycles. The molecule has 1 unspecified atom stereocenters. The first-order valence-electron chi connectivity index (χ1n) is 5.61. The summed E-state index contributed by atoms with van der Waals surface area (Å²) in [7, 11) is 0. The van der Waals surface area contributed by atoms with E-state index in [9.17, 15) is 0 Å². The van der Waals surface area contributed by atoms with Crippen molar-refractivity contribution in [3.05, 3.63) is 23.9 Å². The van der Waals surface area contributed by atoms with E-state index in [1.165, 1.54) is 42.3 Å². The van der Waals surface area contributed by atoms with E-state index in [-0.39, 0.29) is 0 Å². The Balaban J connectivity index is 1.81. The van der Waals surface area contributed by atoms with Crippen molar-refractivity contribution in [2.45, 2.75) is 24.8 Å². The van der Waals surface area contributed by atoms with Crippen molar-refractivity contribution in [2.24, 2.45) is 5.92 Å². The van der Waals surface area contributed by atoms with Crippen LogP contribution in [0.5, 0.6) is 0 Å². The topological polar surface area (TPSA) is 24.9 Å². The van der Waals surface area contributed by atoms with Crippen LogP contribution in [-0.4, -0.2) is 23.8 Å². The second kappa shape index (κ2) is 5.52. The first-order valence-corrected chi connectivity index (χ1v) is 6.59. The molecule has 1 atom stereocenters. The quantitative estimate of drug-likeness (QED) is 0.795. The fraction of sp³-hybridized carbons (Fsp3) is 0.583. The van der Waals surface area contributed by atoms with E-state index in [2.05, 4.69) is 23.3 Å². The second-order valence-electron chi connectivity index (χ2n) is 4.19. The fourth-order valence-corrected chi connectivity index (χ4v) is 2.95. The minimum atomic E-state index is 0.825. The van der Waals surface area contributed by atoms with Crippen molar-refractivity contribution < 1.29 is 0 Å². The molecule has 0 spiro atoms. The van der Waals surface area contributed by atoms with Gasteiger partial charge >= 0.3 is 0 Å². The Labute approximate surface area is 95.9 Å². The van der Waals surface area contributed by atoms with Gasteiger partial charge in [0, 0.05) is 11.9 Å². The zero-order valence-electron chi connectivity index (χ0n) is 9.20. The van der Waals surface area contributed by atoms with E-state index in [0.29, 0.717) is 0 Å². The Morgan fingerprint density at radius 3 is 3.27 bits per heavy atom. The number of thioether (sulfide) groups is 1. The molecule has 0 saturated carbocycles. The summed E-state index contributed by atoms with van der Waals surface area (Å²) in [6.45, 7) is 4.50. The van der Waals surface area contributed by atoms with E-state index in [1.54, 1.807) is 0 Å². The van der Waals surface area contributed by atoms with Gasteiger partial charge in [0.05, 0.1) is 5.03 Å². The molecule has 2 heterocycles. The summed E-state index contributed by atoms with van der Waals surface area (Å²) in [6, 6.07) is 4.22. The van der Waals surface area contributed by atoms with Gasteiger partial charge in [0.25, 0.3) is 0 Å². The third kappa shape index (κ3) is 3.50. The summed E-state index contributed by atoms with van der Waals surface area (Å²) in [6.07, 6.45) is 4.59. The van der Waals surface area contributed by atoms with E-state index in [4.69, 9.17) is 0 Å². The molecule has 1 aromatic rings. The van der Waals surface area contributed by atoms with Crippen molar-refractivity contribution in [1.29, 1.82) is 0 Å². The first-order chi connectivity index (χ1) is 7.34. The highest BCUT2D eigenvalue weighted by atomic mass is 32.2. The number of aryl methyl sites for hydroxylation is 1. The van der Waals surface area contributed by atoms with Crippen molar-refractivity contribution in [1.82, 2.24) is 10.3 Å². The molecule has 1 aliphatic rings. The van der Waals surface area contributed by atoms with Gasteiger partial charge in [-0.15, -0.1) is 11.8 Å². The molecule has 15 heavy (non-hydrogen) atoms. The molecule has 1 N–H and O–H groups in total. The minimum Gasteiger partial charge on any atom is -0.316 e. The van der Waals surface area contributed by atoms with E-state index >= 15 is 0 Å². The van der Waals surface area contributed by atoms with Crippen LogP contribution in [0.25, 0.3) is 0 Å². The van der Waals surface area contributed by atoms with Gasteiger partial charge in [-0.2, -0.15) is 0 Å². The van der Waals surface area contributed by atoms with Crippen molar-refractivity contribution in [3.8, 4) is 0 Å². The molecule has 2 rings (SSSR count). The van der Waals surface area contributed by atoms with Crippen LogP contribution < -0.4 is 5.32 Å². The Morgan fingerprint density at radius 2 is 2.53 bits per heavy atom. The fourth-order valence-electron chi connectivity index (χ4n) is 1.86. The first kappa shape index (κ1) is 11.0. The van der Waals surface area contributed by atoms with Crippen LogP contribution in [0.3, 0.4) is 0 Å². The van der Waals surface area contributed by atoms with Crippen LogP contribution in [0.1, 0.15) is 18.4 Å². The standard InChI is InChI=1S/C12H18N2S/c1-10-4-6-14-12(7-10)15-9-11-3-2-5-13-8-11/h4,6-7,11,13H,2-3,5,8-9H2,1H3. The molecule has 0 bridgehead atoms. The van der Waals surface area contributed by atoms with Crippen molar-refractivity contribution >= 4 is 11.8 Å². The zero-order valence-corrected chi connectivity index (χ0v) is 10.0. The number of aromatic nitrogens is 1. The maximum Gasteiger partial charge on any atom is 0.0962 e. The van der Waals surface area contributed by atoms with E-state index < -0.39 is 0 Å². The maximum atomic E-state index is 4.37. The van der Waals surface area contributed by atoms with Gasteiger partial charge in [-0.3, -0.25) is 0 Å². The highest BCUT2D eigenvalue weighted by molar-refractivity contribution is 7.99. The molecule has 0 amide bonds. The van der Waals surface area contributed by atoms with Gasteiger partial charge < -0.3 is 5.32 Å². The van der Waals surface area contributed by atoms with Gasteiger partial charge in [0.1, 0.15) is 0 Å². The number of pyridine rings is 1. The van der Waals surface area contributed by atoms with Crippen LogP contribution in [0.2, 0.25) is 0 Å². The Bertz CT molecular complexity index is 308. The average Bonchev–Trinajstić information content (AvgIpc) is 2.28. The van der Waals surface area contributed by atoms with Gasteiger partial charge in [0.2, 0.25) is 0 Å². The van der Waals surface area contributed by atoms with Crippen LogP contribution in [0.4, 0.5) is 0 Å². The zero-order chi connectivity index (χ0) is 10.5. The Morgan fingerprint density at radius 1 is 1.60 bits per heavy atom. The predicted octanol–water partition coefficient (Wildman–Crippen LogP) is 2.48. The number of hydrogen-bond acceptors (Lipinski definition) is 3. The normalized spacial score (nSPS) is 21.5. The second-order valence-corrected chi connectivity index (χ2v) is 5.24. The third-order valence-electron chi connectivity index (χ3n) is 2.76. The Kier molecular flexibility index (Phi) is 4.03. The monoisotopic (exact) mass is 222 g/mol. The van der Waals surface area contributed by atoms with Crippen molar-refractivity contribution in [3.63, 3.8) is 0 Å². The molecule has 0 radical (unpaired) electrons. The predicted molar refractivity (Wildman–Crippen MR) is 65.3 cm³/mol. The van der Waals surface area contributed by atoms with Crippen LogP contribution >= 0.6 is 11.8 Å². The van der Waals surface area contributed by atoms with Gasteiger partial charge in [0.15, 0.2) is 0 Å². The summed E-state index contributed by atoms with van der Waals surface area (Å²) in [4.78, 5) is 4.37. The molecule has 1 saturated heterocycles. The smallest absolute Gasteiger partial charge is 0.0962 e. The van der Waals surface area contributed by atoms with E-state index in [1.807, 2.05) is 24.0 Å². The molecule has 2 nitrogen and oxygen atoms in total. The van der Waals surface area contributed by atoms with Crippen LogP contribution in [-0.2, 0) is 0 Å². The molecule has 0 aliphatic carbocycles. The van der Waals surface area contributed by atoms with E-state index in [0.717, 1.165) is 5.92 Å². The summed E-state index contributed by atoms with van der Waals surface area (Å²) >= 11 is 1.89.